The van der Waals surface area contributed by atoms with Crippen LogP contribution < -0.4 is 0 Å². The van der Waals surface area contributed by atoms with Crippen molar-refractivity contribution in [3.8, 4) is 0 Å². The molecule has 0 radical (unpaired) electrons. The van der Waals surface area contributed by atoms with Gasteiger partial charge in [0.1, 0.15) is 11.2 Å². The van der Waals surface area contributed by atoms with E-state index in [9.17, 15) is 27.8 Å². The van der Waals surface area contributed by atoms with Crippen LogP contribution in [0.5, 0.6) is 0 Å². The van der Waals surface area contributed by atoms with E-state index in [4.69, 9.17) is 0 Å². The summed E-state index contributed by atoms with van der Waals surface area (Å²) >= 11 is 0. The van der Waals surface area contributed by atoms with Crippen molar-refractivity contribution in [2.45, 2.75) is 23.0 Å². The van der Waals surface area contributed by atoms with Gasteiger partial charge in [-0.15, -0.1) is 0 Å². The first kappa shape index (κ1) is 17.6. The van der Waals surface area contributed by atoms with Crippen LogP contribution in [0.1, 0.15) is 17.0 Å². The maximum absolute atomic E-state index is 13.2. The first-order valence-electron chi connectivity index (χ1n) is 7.65. The number of carboxylic acids is 1. The molecule has 25 heavy (non-hydrogen) atoms. The number of aliphatic hydroxyl groups excluding tert-OH is 1. The second kappa shape index (κ2) is 5.93. The molecule has 2 aromatic rings. The summed E-state index contributed by atoms with van der Waals surface area (Å²) in [6.45, 7) is 0.990. The minimum Gasteiger partial charge on any atom is -0.481 e. The van der Waals surface area contributed by atoms with Crippen LogP contribution in [0, 0.1) is 18.2 Å². The van der Waals surface area contributed by atoms with E-state index < -0.39 is 44.8 Å². The van der Waals surface area contributed by atoms with Crippen molar-refractivity contribution in [3.05, 3.63) is 65.5 Å². The van der Waals surface area contributed by atoms with Gasteiger partial charge < -0.3 is 10.2 Å². The van der Waals surface area contributed by atoms with Gasteiger partial charge in [0.25, 0.3) is 0 Å². The number of rotatable bonds is 5. The van der Waals surface area contributed by atoms with Crippen molar-refractivity contribution < 1.29 is 27.8 Å². The van der Waals surface area contributed by atoms with Gasteiger partial charge in [-0.1, -0.05) is 29.8 Å². The molecule has 0 aromatic heterocycles. The van der Waals surface area contributed by atoms with Crippen molar-refractivity contribution in [2.75, 3.05) is 6.61 Å². The quantitative estimate of drug-likeness (QED) is 0.848. The predicted molar refractivity (Wildman–Crippen MR) is 88.4 cm³/mol. The van der Waals surface area contributed by atoms with Gasteiger partial charge in [-0.3, -0.25) is 4.79 Å². The van der Waals surface area contributed by atoms with Gasteiger partial charge in [0, 0.05) is 5.92 Å². The summed E-state index contributed by atoms with van der Waals surface area (Å²) in [7, 11) is -3.99. The molecule has 3 atom stereocenters. The third kappa shape index (κ3) is 2.63. The summed E-state index contributed by atoms with van der Waals surface area (Å²) in [5, 5.41) is 18.0. The number of benzene rings is 2. The molecule has 2 aromatic carbocycles. The van der Waals surface area contributed by atoms with Crippen LogP contribution in [0.3, 0.4) is 0 Å². The van der Waals surface area contributed by atoms with Gasteiger partial charge in [-0.05, 0) is 36.8 Å². The monoisotopic (exact) mass is 364 g/mol. The lowest BCUT2D eigenvalue weighted by Crippen LogP contribution is -2.27. The SMILES string of the molecule is Cc1ccc(S(=O)(=O)[C@@H]2[C@@H](c3ccc(F)cc3)[C@]2(CO)C(=O)O)cc1. The summed E-state index contributed by atoms with van der Waals surface area (Å²) in [4.78, 5) is 11.8. The van der Waals surface area contributed by atoms with Gasteiger partial charge in [-0.25, -0.2) is 12.8 Å². The first-order valence-corrected chi connectivity index (χ1v) is 9.20. The average Bonchev–Trinajstić information content (AvgIpc) is 3.27. The molecule has 3 rings (SSSR count). The molecule has 0 bridgehead atoms. The first-order chi connectivity index (χ1) is 11.7. The molecule has 2 N–H and O–H groups in total. The zero-order chi connectivity index (χ0) is 18.4. The van der Waals surface area contributed by atoms with Gasteiger partial charge in [-0.2, -0.15) is 0 Å². The van der Waals surface area contributed by atoms with E-state index in [1.54, 1.807) is 12.1 Å². The van der Waals surface area contributed by atoms with Crippen LogP contribution in [0.25, 0.3) is 0 Å². The zero-order valence-corrected chi connectivity index (χ0v) is 14.2. The van der Waals surface area contributed by atoms with Crippen LogP contribution in [0.4, 0.5) is 4.39 Å². The molecule has 0 amide bonds. The molecule has 1 aliphatic rings. The third-order valence-electron chi connectivity index (χ3n) is 4.83. The second-order valence-electron chi connectivity index (χ2n) is 6.31. The van der Waals surface area contributed by atoms with E-state index in [1.807, 2.05) is 6.92 Å². The Kier molecular flexibility index (Phi) is 4.17. The lowest BCUT2D eigenvalue weighted by Gasteiger charge is -2.09. The molecule has 0 spiro atoms. The number of halogens is 1. The molecule has 0 unspecified atom stereocenters. The van der Waals surface area contributed by atoms with Crippen LogP contribution in [0.15, 0.2) is 53.4 Å². The van der Waals surface area contributed by atoms with Crippen molar-refractivity contribution in [3.63, 3.8) is 0 Å². The maximum atomic E-state index is 13.2. The fourth-order valence-corrected chi connectivity index (χ4v) is 5.75. The van der Waals surface area contributed by atoms with Crippen molar-refractivity contribution in [2.24, 2.45) is 5.41 Å². The van der Waals surface area contributed by atoms with Gasteiger partial charge in [0.15, 0.2) is 9.84 Å². The Morgan fingerprint density at radius 2 is 1.68 bits per heavy atom. The fraction of sp³-hybridized carbons (Fsp3) is 0.278. The van der Waals surface area contributed by atoms with Crippen molar-refractivity contribution >= 4 is 15.8 Å². The molecule has 1 fully saturated rings. The number of carbonyl (C=O) groups is 1. The van der Waals surface area contributed by atoms with Gasteiger partial charge >= 0.3 is 5.97 Å². The topological polar surface area (TPSA) is 91.7 Å². The standard InChI is InChI=1S/C18H17FO5S/c1-11-2-8-14(9-3-11)25(23,24)16-15(18(16,10-20)17(21)22)12-4-6-13(19)7-5-12/h2-9,15-16,20H,10H2,1H3,(H,21,22)/t15-,16-,18+/m1/s1. The Morgan fingerprint density at radius 1 is 1.12 bits per heavy atom. The van der Waals surface area contributed by atoms with Crippen molar-refractivity contribution in [1.29, 1.82) is 0 Å². The Hall–Kier alpha value is -2.25. The predicted octanol–water partition coefficient (Wildman–Crippen LogP) is 2.14. The zero-order valence-electron chi connectivity index (χ0n) is 13.4. The summed E-state index contributed by atoms with van der Waals surface area (Å²) in [5.74, 6) is -2.83. The number of hydrogen-bond donors (Lipinski definition) is 2. The maximum Gasteiger partial charge on any atom is 0.314 e. The van der Waals surface area contributed by atoms with E-state index in [0.29, 0.717) is 5.56 Å². The molecule has 1 aliphatic carbocycles. The summed E-state index contributed by atoms with van der Waals surface area (Å²) in [6, 6.07) is 11.1. The average molecular weight is 364 g/mol. The van der Waals surface area contributed by atoms with E-state index in [2.05, 4.69) is 0 Å². The Morgan fingerprint density at radius 3 is 2.16 bits per heavy atom. The lowest BCUT2D eigenvalue weighted by molar-refractivity contribution is -0.145. The van der Waals surface area contributed by atoms with Gasteiger partial charge in [0.2, 0.25) is 0 Å². The number of aliphatic carboxylic acids is 1. The van der Waals surface area contributed by atoms with E-state index >= 15 is 0 Å². The highest BCUT2D eigenvalue weighted by molar-refractivity contribution is 7.92. The van der Waals surface area contributed by atoms with E-state index in [0.717, 1.165) is 17.7 Å². The lowest BCUT2D eigenvalue weighted by atomic mass is 10.0. The second-order valence-corrected chi connectivity index (χ2v) is 8.38. The largest absolute Gasteiger partial charge is 0.481 e. The Bertz CT molecular complexity index is 905. The Labute approximate surface area is 144 Å². The summed E-state index contributed by atoms with van der Waals surface area (Å²) in [5.41, 5.74) is -0.586. The minimum absolute atomic E-state index is 0.00628. The minimum atomic E-state index is -3.99. The number of carboxylic acid groups (broad SMARTS) is 1. The third-order valence-corrected chi connectivity index (χ3v) is 7.12. The van der Waals surface area contributed by atoms with E-state index in [-0.39, 0.29) is 4.90 Å². The number of aryl methyl sites for hydroxylation is 1. The number of hydrogen-bond acceptors (Lipinski definition) is 4. The van der Waals surface area contributed by atoms with Crippen LogP contribution in [-0.4, -0.2) is 36.5 Å². The normalized spacial score (nSPS) is 25.6. The highest BCUT2D eigenvalue weighted by Gasteiger charge is 2.75. The molecular formula is C18H17FO5S. The van der Waals surface area contributed by atoms with Gasteiger partial charge in [0.05, 0.1) is 16.8 Å². The molecule has 7 heteroatoms. The molecule has 5 nitrogen and oxygen atoms in total. The molecule has 0 saturated heterocycles. The summed E-state index contributed by atoms with van der Waals surface area (Å²) < 4.78 is 39.1. The van der Waals surface area contributed by atoms with Crippen LogP contribution in [-0.2, 0) is 14.6 Å². The highest BCUT2D eigenvalue weighted by Crippen LogP contribution is 2.64. The number of aliphatic hydroxyl groups is 1. The van der Waals surface area contributed by atoms with Crippen molar-refractivity contribution in [1.82, 2.24) is 0 Å². The molecule has 0 heterocycles. The number of sulfone groups is 1. The molecule has 0 aliphatic heterocycles. The van der Waals surface area contributed by atoms with Crippen LogP contribution in [0.2, 0.25) is 0 Å². The highest BCUT2D eigenvalue weighted by atomic mass is 32.2. The van der Waals surface area contributed by atoms with E-state index in [1.165, 1.54) is 24.3 Å². The molecular weight excluding hydrogens is 347 g/mol. The smallest absolute Gasteiger partial charge is 0.314 e. The van der Waals surface area contributed by atoms with Crippen LogP contribution >= 0.6 is 0 Å². The Balaban J connectivity index is 2.10. The molecule has 1 saturated carbocycles. The summed E-state index contributed by atoms with van der Waals surface area (Å²) in [6.07, 6.45) is 0. The fourth-order valence-electron chi connectivity index (χ4n) is 3.39. The molecule has 132 valence electrons.